The Hall–Kier alpha value is -3.44. The van der Waals surface area contributed by atoms with E-state index in [9.17, 15) is 4.79 Å². The van der Waals surface area contributed by atoms with Gasteiger partial charge >= 0.3 is 0 Å². The van der Waals surface area contributed by atoms with E-state index in [1.54, 1.807) is 30.1 Å². The van der Waals surface area contributed by atoms with Crippen molar-refractivity contribution in [3.63, 3.8) is 0 Å². The van der Waals surface area contributed by atoms with Gasteiger partial charge in [0.2, 0.25) is 17.7 Å². The number of fused-ring (bicyclic) bond motifs is 1. The molecule has 4 aromatic rings. The first-order valence-corrected chi connectivity index (χ1v) is 13.7. The Morgan fingerprint density at radius 1 is 1.14 bits per heavy atom. The van der Waals surface area contributed by atoms with Crippen LogP contribution in [0.4, 0.5) is 17.3 Å². The number of thiophene rings is 1. The van der Waals surface area contributed by atoms with Crippen LogP contribution in [0.25, 0.3) is 10.2 Å². The zero-order chi connectivity index (χ0) is 25.6. The molecule has 0 atom stereocenters. The summed E-state index contributed by atoms with van der Waals surface area (Å²) in [6.45, 7) is 5.76. The maximum Gasteiger partial charge on any atom is 0.247 e. The van der Waals surface area contributed by atoms with Gasteiger partial charge in [-0.2, -0.15) is 4.98 Å². The number of carbonyl (C=O) groups is 1. The highest BCUT2D eigenvalue weighted by atomic mass is 32.2. The van der Waals surface area contributed by atoms with Crippen LogP contribution in [0.15, 0.2) is 77.5 Å². The summed E-state index contributed by atoms with van der Waals surface area (Å²) < 4.78 is 10.6. The molecule has 5 rings (SSSR count). The van der Waals surface area contributed by atoms with E-state index < -0.39 is 0 Å². The number of hydrogen-bond donors (Lipinski definition) is 3. The zero-order valence-electron chi connectivity index (χ0n) is 20.4. The van der Waals surface area contributed by atoms with E-state index in [4.69, 9.17) is 4.74 Å². The third-order valence-electron chi connectivity index (χ3n) is 5.95. The van der Waals surface area contributed by atoms with Gasteiger partial charge in [0.05, 0.1) is 5.52 Å². The lowest BCUT2D eigenvalue weighted by Crippen LogP contribution is -2.38. The molecule has 2 aromatic heterocycles. The Kier molecular flexibility index (Phi) is 8.00. The number of anilines is 3. The first kappa shape index (κ1) is 25.2. The minimum Gasteiger partial charge on any atom is -0.437 e. The SMILES string of the molecule is C=CC(=O)Nc1cccc(Oc2nc(Nc3ccc(SNC4CCN(C)CC4)cc3)nc3ccsc23)c1. The second-order valence-electron chi connectivity index (χ2n) is 8.76. The summed E-state index contributed by atoms with van der Waals surface area (Å²) in [7, 11) is 2.17. The molecule has 3 heterocycles. The molecule has 0 spiro atoms. The van der Waals surface area contributed by atoms with Crippen molar-refractivity contribution in [2.45, 2.75) is 23.8 Å². The molecule has 190 valence electrons. The highest BCUT2D eigenvalue weighted by Crippen LogP contribution is 2.34. The van der Waals surface area contributed by atoms with Crippen molar-refractivity contribution in [1.29, 1.82) is 0 Å². The van der Waals surface area contributed by atoms with Gasteiger partial charge in [0.25, 0.3) is 0 Å². The van der Waals surface area contributed by atoms with Crippen LogP contribution in [0, 0.1) is 0 Å². The Morgan fingerprint density at radius 2 is 1.95 bits per heavy atom. The van der Waals surface area contributed by atoms with Crippen LogP contribution in [0.1, 0.15) is 12.8 Å². The minimum atomic E-state index is -0.284. The van der Waals surface area contributed by atoms with Crippen LogP contribution >= 0.6 is 23.3 Å². The second kappa shape index (κ2) is 11.7. The molecule has 0 saturated carbocycles. The monoisotopic (exact) mass is 532 g/mol. The molecule has 0 bridgehead atoms. The number of amides is 1. The van der Waals surface area contributed by atoms with Gasteiger partial charge < -0.3 is 20.3 Å². The molecule has 0 aliphatic carbocycles. The fourth-order valence-electron chi connectivity index (χ4n) is 3.92. The lowest BCUT2D eigenvalue weighted by atomic mass is 10.1. The van der Waals surface area contributed by atoms with E-state index in [-0.39, 0.29) is 5.91 Å². The maximum absolute atomic E-state index is 11.6. The molecule has 8 nitrogen and oxygen atoms in total. The summed E-state index contributed by atoms with van der Waals surface area (Å²) in [5, 5.41) is 7.99. The van der Waals surface area contributed by atoms with Crippen molar-refractivity contribution < 1.29 is 9.53 Å². The molecule has 1 aliphatic rings. The van der Waals surface area contributed by atoms with Gasteiger partial charge in [-0.3, -0.25) is 9.52 Å². The summed E-state index contributed by atoms with van der Waals surface area (Å²) in [5.74, 6) is 1.17. The minimum absolute atomic E-state index is 0.284. The molecular formula is C27H28N6O2S2. The standard InChI is InChI=1S/C27H28N6O2S2/c1-3-24(34)28-20-5-4-6-21(17-20)35-26-25-23(13-16-36-25)30-27(31-26)29-18-7-9-22(10-8-18)37-32-19-11-14-33(2)15-12-19/h3-10,13,16-17,19,32H,1,11-12,14-15H2,2H3,(H,28,34)(H,29,30,31). The van der Waals surface area contributed by atoms with Crippen LogP contribution in [-0.4, -0.2) is 47.0 Å². The van der Waals surface area contributed by atoms with Crippen LogP contribution in [0.2, 0.25) is 0 Å². The van der Waals surface area contributed by atoms with E-state index in [0.717, 1.165) is 33.9 Å². The number of nitrogens with one attached hydrogen (secondary N) is 3. The third-order valence-corrected chi connectivity index (χ3v) is 7.80. The van der Waals surface area contributed by atoms with Crippen molar-refractivity contribution in [3.05, 3.63) is 72.6 Å². The average molecular weight is 533 g/mol. The smallest absolute Gasteiger partial charge is 0.247 e. The number of aromatic nitrogens is 2. The average Bonchev–Trinajstić information content (AvgIpc) is 3.38. The molecule has 1 fully saturated rings. The number of benzene rings is 2. The Morgan fingerprint density at radius 3 is 2.73 bits per heavy atom. The largest absolute Gasteiger partial charge is 0.437 e. The van der Waals surface area contributed by atoms with Crippen molar-refractivity contribution >= 4 is 56.7 Å². The third kappa shape index (κ3) is 6.66. The summed E-state index contributed by atoms with van der Waals surface area (Å²) in [6.07, 6.45) is 3.57. The van der Waals surface area contributed by atoms with Crippen LogP contribution < -0.4 is 20.1 Å². The molecule has 1 amide bonds. The molecule has 3 N–H and O–H groups in total. The van der Waals surface area contributed by atoms with Gasteiger partial charge in [-0.25, -0.2) is 4.98 Å². The number of rotatable bonds is 9. The first-order chi connectivity index (χ1) is 18.1. The van der Waals surface area contributed by atoms with Crippen LogP contribution in [0.5, 0.6) is 11.6 Å². The predicted molar refractivity (Wildman–Crippen MR) is 152 cm³/mol. The predicted octanol–water partition coefficient (Wildman–Crippen LogP) is 6.04. The highest BCUT2D eigenvalue weighted by molar-refractivity contribution is 7.97. The molecule has 37 heavy (non-hydrogen) atoms. The lowest BCUT2D eigenvalue weighted by Gasteiger charge is -2.29. The zero-order valence-corrected chi connectivity index (χ0v) is 22.1. The van der Waals surface area contributed by atoms with Crippen LogP contribution in [-0.2, 0) is 4.79 Å². The summed E-state index contributed by atoms with van der Waals surface area (Å²) in [5.41, 5.74) is 2.29. The van der Waals surface area contributed by atoms with Gasteiger partial charge in [0.1, 0.15) is 10.4 Å². The topological polar surface area (TPSA) is 91.4 Å². The summed E-state index contributed by atoms with van der Waals surface area (Å²) in [4.78, 5) is 24.5. The number of piperidine rings is 1. The Labute approximate surface area is 224 Å². The van der Waals surface area contributed by atoms with E-state index in [0.29, 0.717) is 29.3 Å². The number of nitrogens with zero attached hydrogens (tertiary/aromatic N) is 3. The fraction of sp³-hybridized carbons (Fsp3) is 0.222. The number of hydrogen-bond acceptors (Lipinski definition) is 9. The van der Waals surface area contributed by atoms with E-state index in [1.165, 1.54) is 30.3 Å². The van der Waals surface area contributed by atoms with Gasteiger partial charge in [0.15, 0.2) is 0 Å². The van der Waals surface area contributed by atoms with E-state index in [2.05, 4.69) is 56.0 Å². The Bertz CT molecular complexity index is 1380. The normalized spacial score (nSPS) is 14.4. The molecule has 1 saturated heterocycles. The summed E-state index contributed by atoms with van der Waals surface area (Å²) in [6, 6.07) is 17.8. The van der Waals surface area contributed by atoms with Crippen molar-refractivity contribution in [2.75, 3.05) is 30.8 Å². The molecule has 2 aromatic carbocycles. The highest BCUT2D eigenvalue weighted by Gasteiger charge is 2.16. The molecule has 1 aliphatic heterocycles. The quantitative estimate of drug-likeness (QED) is 0.177. The maximum atomic E-state index is 11.6. The fourth-order valence-corrected chi connectivity index (χ4v) is 5.48. The van der Waals surface area contributed by atoms with E-state index in [1.807, 2.05) is 29.6 Å². The van der Waals surface area contributed by atoms with Crippen LogP contribution in [0.3, 0.4) is 0 Å². The van der Waals surface area contributed by atoms with Crippen molar-refractivity contribution in [2.24, 2.45) is 0 Å². The van der Waals surface area contributed by atoms with Crippen molar-refractivity contribution in [1.82, 2.24) is 19.6 Å². The van der Waals surface area contributed by atoms with E-state index >= 15 is 0 Å². The first-order valence-electron chi connectivity index (χ1n) is 12.0. The number of carbonyl (C=O) groups excluding carboxylic acids is 1. The second-order valence-corrected chi connectivity index (χ2v) is 10.6. The van der Waals surface area contributed by atoms with Crippen molar-refractivity contribution in [3.8, 4) is 11.6 Å². The molecule has 0 unspecified atom stereocenters. The van der Waals surface area contributed by atoms with Gasteiger partial charge in [-0.05, 0) is 98.8 Å². The summed E-state index contributed by atoms with van der Waals surface area (Å²) >= 11 is 3.19. The Balaban J connectivity index is 1.27. The van der Waals surface area contributed by atoms with Gasteiger partial charge in [-0.1, -0.05) is 12.6 Å². The molecule has 0 radical (unpaired) electrons. The number of ether oxygens (including phenoxy) is 1. The number of likely N-dealkylation sites (tertiary alicyclic amines) is 1. The molecule has 10 heteroatoms. The molecular weight excluding hydrogens is 504 g/mol. The lowest BCUT2D eigenvalue weighted by molar-refractivity contribution is -0.111. The van der Waals surface area contributed by atoms with Gasteiger partial charge in [-0.15, -0.1) is 11.3 Å². The van der Waals surface area contributed by atoms with Gasteiger partial charge in [0, 0.05) is 28.4 Å².